The zero-order chi connectivity index (χ0) is 8.23. The monoisotopic (exact) mass is 165 g/mol. The van der Waals surface area contributed by atoms with Crippen molar-refractivity contribution < 1.29 is 0 Å². The van der Waals surface area contributed by atoms with Crippen LogP contribution in [0.2, 0.25) is 0 Å². The highest BCUT2D eigenvalue weighted by Crippen LogP contribution is 2.27. The number of allylic oxidation sites excluding steroid dienone is 1. The van der Waals surface area contributed by atoms with Gasteiger partial charge in [-0.3, -0.25) is 0 Å². The smallest absolute Gasteiger partial charge is 0.0167 e. The molecular formula is C11H19N. The average Bonchev–Trinajstić information content (AvgIpc) is 2.38. The van der Waals surface area contributed by atoms with Gasteiger partial charge in [0.2, 0.25) is 0 Å². The normalized spacial score (nSPS) is 26.0. The minimum atomic E-state index is 1.19. The fraction of sp³-hybridized carbons (Fsp3) is 0.818. The summed E-state index contributed by atoms with van der Waals surface area (Å²) in [6, 6.07) is 0. The Kier molecular flexibility index (Phi) is 2.83. The van der Waals surface area contributed by atoms with Crippen LogP contribution >= 0.6 is 0 Å². The van der Waals surface area contributed by atoms with E-state index in [4.69, 9.17) is 0 Å². The van der Waals surface area contributed by atoms with Crippen molar-refractivity contribution in [2.24, 2.45) is 0 Å². The molecule has 0 spiro atoms. The predicted molar refractivity (Wildman–Crippen MR) is 52.2 cm³/mol. The van der Waals surface area contributed by atoms with Gasteiger partial charge in [0.15, 0.2) is 0 Å². The third kappa shape index (κ3) is 1.89. The van der Waals surface area contributed by atoms with Crippen LogP contribution in [0.25, 0.3) is 0 Å². The summed E-state index contributed by atoms with van der Waals surface area (Å²) in [7, 11) is 0. The van der Waals surface area contributed by atoms with E-state index in [0.29, 0.717) is 0 Å². The van der Waals surface area contributed by atoms with E-state index in [0.717, 1.165) is 0 Å². The van der Waals surface area contributed by atoms with Crippen LogP contribution in [0, 0.1) is 0 Å². The summed E-state index contributed by atoms with van der Waals surface area (Å²) in [4.78, 5) is 0. The van der Waals surface area contributed by atoms with Gasteiger partial charge in [-0.05, 0) is 45.1 Å². The maximum absolute atomic E-state index is 3.52. The van der Waals surface area contributed by atoms with Crippen molar-refractivity contribution in [3.05, 3.63) is 11.1 Å². The van der Waals surface area contributed by atoms with Crippen LogP contribution in [0.4, 0.5) is 0 Å². The van der Waals surface area contributed by atoms with E-state index in [9.17, 15) is 0 Å². The topological polar surface area (TPSA) is 12.0 Å². The summed E-state index contributed by atoms with van der Waals surface area (Å²) in [5.41, 5.74) is 3.56. The molecule has 0 bridgehead atoms. The van der Waals surface area contributed by atoms with E-state index in [1.807, 2.05) is 0 Å². The maximum atomic E-state index is 3.52. The van der Waals surface area contributed by atoms with Gasteiger partial charge in [0.05, 0.1) is 0 Å². The van der Waals surface area contributed by atoms with Crippen molar-refractivity contribution in [1.29, 1.82) is 0 Å². The van der Waals surface area contributed by atoms with Gasteiger partial charge in [-0.15, -0.1) is 0 Å². The molecule has 1 nitrogen and oxygen atoms in total. The Balaban J connectivity index is 2.08. The second-order valence-electron chi connectivity index (χ2n) is 4.05. The lowest BCUT2D eigenvalue weighted by Gasteiger charge is -2.07. The summed E-state index contributed by atoms with van der Waals surface area (Å²) >= 11 is 0. The van der Waals surface area contributed by atoms with E-state index in [2.05, 4.69) is 5.32 Å². The van der Waals surface area contributed by atoms with Crippen LogP contribution in [-0.4, -0.2) is 13.1 Å². The Bertz CT molecular complexity index is 145. The largest absolute Gasteiger partial charge is 0.313 e. The molecule has 0 fully saturated rings. The van der Waals surface area contributed by atoms with Crippen LogP contribution in [0.1, 0.15) is 44.9 Å². The van der Waals surface area contributed by atoms with Crippen LogP contribution < -0.4 is 5.32 Å². The molecule has 2 aliphatic rings. The third-order valence-corrected chi connectivity index (χ3v) is 3.13. The number of nitrogens with one attached hydrogen (secondary N) is 1. The number of rotatable bonds is 0. The first-order chi connectivity index (χ1) is 5.97. The van der Waals surface area contributed by atoms with Crippen molar-refractivity contribution in [2.75, 3.05) is 13.1 Å². The minimum Gasteiger partial charge on any atom is -0.313 e. The second kappa shape index (κ2) is 4.08. The molecule has 0 unspecified atom stereocenters. The zero-order valence-electron chi connectivity index (χ0n) is 7.86. The molecule has 0 aromatic rings. The van der Waals surface area contributed by atoms with Gasteiger partial charge < -0.3 is 5.32 Å². The summed E-state index contributed by atoms with van der Waals surface area (Å²) in [6.45, 7) is 2.42. The number of hydrogen-bond donors (Lipinski definition) is 1. The molecule has 1 aliphatic carbocycles. The lowest BCUT2D eigenvalue weighted by Crippen LogP contribution is -2.16. The molecule has 1 heteroatoms. The lowest BCUT2D eigenvalue weighted by molar-refractivity contribution is 0.655. The Labute approximate surface area is 75.2 Å². The van der Waals surface area contributed by atoms with E-state index >= 15 is 0 Å². The molecule has 0 atom stereocenters. The molecule has 1 aliphatic heterocycles. The van der Waals surface area contributed by atoms with Crippen molar-refractivity contribution >= 4 is 0 Å². The third-order valence-electron chi connectivity index (χ3n) is 3.13. The van der Waals surface area contributed by atoms with Crippen LogP contribution in [0.3, 0.4) is 0 Å². The summed E-state index contributed by atoms with van der Waals surface area (Å²) in [5.74, 6) is 0. The van der Waals surface area contributed by atoms with Crippen molar-refractivity contribution in [2.45, 2.75) is 44.9 Å². The second-order valence-corrected chi connectivity index (χ2v) is 4.05. The first-order valence-electron chi connectivity index (χ1n) is 5.37. The molecule has 0 saturated heterocycles. The molecule has 12 heavy (non-hydrogen) atoms. The van der Waals surface area contributed by atoms with Crippen LogP contribution in [0.5, 0.6) is 0 Å². The molecule has 0 saturated carbocycles. The molecule has 1 N–H and O–H groups in total. The highest BCUT2D eigenvalue weighted by Gasteiger charge is 2.12. The number of hydrogen-bond acceptors (Lipinski definition) is 1. The van der Waals surface area contributed by atoms with Gasteiger partial charge in [-0.2, -0.15) is 0 Å². The molecule has 0 aromatic carbocycles. The molecule has 0 aromatic heterocycles. The Morgan fingerprint density at radius 3 is 2.42 bits per heavy atom. The SMILES string of the molecule is C1CCC2=C(CC1)CNCCC2. The summed E-state index contributed by atoms with van der Waals surface area (Å²) in [5, 5.41) is 3.52. The molecule has 0 radical (unpaired) electrons. The minimum absolute atomic E-state index is 1.19. The quantitative estimate of drug-likeness (QED) is 0.544. The molecule has 2 rings (SSSR count). The van der Waals surface area contributed by atoms with Crippen molar-refractivity contribution in [1.82, 2.24) is 5.32 Å². The maximum Gasteiger partial charge on any atom is 0.0167 e. The van der Waals surface area contributed by atoms with E-state index in [1.165, 1.54) is 58.0 Å². The average molecular weight is 165 g/mol. The highest BCUT2D eigenvalue weighted by molar-refractivity contribution is 5.18. The zero-order valence-corrected chi connectivity index (χ0v) is 7.86. The standard InChI is InChI=1S/C11H19N/c1-2-5-10-7-4-8-12-9-11(10)6-3-1/h12H,1-9H2. The predicted octanol–water partition coefficient (Wildman–Crippen LogP) is 2.63. The molecule has 68 valence electrons. The Morgan fingerprint density at radius 2 is 1.50 bits per heavy atom. The molecule has 0 amide bonds. The molecular weight excluding hydrogens is 146 g/mol. The Morgan fingerprint density at radius 1 is 0.750 bits per heavy atom. The van der Waals surface area contributed by atoms with E-state index in [1.54, 1.807) is 11.1 Å². The van der Waals surface area contributed by atoms with Crippen molar-refractivity contribution in [3.63, 3.8) is 0 Å². The van der Waals surface area contributed by atoms with E-state index < -0.39 is 0 Å². The van der Waals surface area contributed by atoms with Gasteiger partial charge in [0.25, 0.3) is 0 Å². The fourth-order valence-electron chi connectivity index (χ4n) is 2.39. The lowest BCUT2D eigenvalue weighted by atomic mass is 10.0. The first kappa shape index (κ1) is 8.31. The van der Waals surface area contributed by atoms with Crippen LogP contribution in [0.15, 0.2) is 11.1 Å². The van der Waals surface area contributed by atoms with Gasteiger partial charge in [-0.25, -0.2) is 0 Å². The molecule has 1 heterocycles. The van der Waals surface area contributed by atoms with E-state index in [-0.39, 0.29) is 0 Å². The van der Waals surface area contributed by atoms with Gasteiger partial charge in [-0.1, -0.05) is 17.6 Å². The van der Waals surface area contributed by atoms with Crippen LogP contribution in [-0.2, 0) is 0 Å². The van der Waals surface area contributed by atoms with Gasteiger partial charge in [0, 0.05) is 6.54 Å². The van der Waals surface area contributed by atoms with Crippen molar-refractivity contribution in [3.8, 4) is 0 Å². The summed E-state index contributed by atoms with van der Waals surface area (Å²) in [6.07, 6.45) is 9.84. The first-order valence-corrected chi connectivity index (χ1v) is 5.37. The fourth-order valence-corrected chi connectivity index (χ4v) is 2.39. The summed E-state index contributed by atoms with van der Waals surface area (Å²) < 4.78 is 0. The highest BCUT2D eigenvalue weighted by atomic mass is 14.9. The Hall–Kier alpha value is -0.300. The van der Waals surface area contributed by atoms with Gasteiger partial charge >= 0.3 is 0 Å². The van der Waals surface area contributed by atoms with Gasteiger partial charge in [0.1, 0.15) is 0 Å².